The Kier molecular flexibility index (Phi) is 4.44. The molecule has 2 saturated heterocycles. The first kappa shape index (κ1) is 13.7. The van der Waals surface area contributed by atoms with E-state index in [0.29, 0.717) is 11.8 Å². The molecule has 20 heavy (non-hydrogen) atoms. The van der Waals surface area contributed by atoms with Crippen LogP contribution in [0.4, 0.5) is 5.82 Å². The summed E-state index contributed by atoms with van der Waals surface area (Å²) in [4.78, 5) is 13.3. The molecule has 1 aromatic rings. The Morgan fingerprint density at radius 3 is 2.65 bits per heavy atom. The number of aliphatic hydroxyl groups is 1. The van der Waals surface area contributed by atoms with Crippen molar-refractivity contribution < 1.29 is 9.84 Å². The van der Waals surface area contributed by atoms with Crippen LogP contribution in [0.3, 0.4) is 0 Å². The Balaban J connectivity index is 1.49. The maximum atomic E-state index is 8.97. The van der Waals surface area contributed by atoms with Gasteiger partial charge in [0.25, 0.3) is 0 Å². The van der Waals surface area contributed by atoms with E-state index < -0.39 is 0 Å². The van der Waals surface area contributed by atoms with Crippen molar-refractivity contribution in [1.29, 1.82) is 0 Å². The van der Waals surface area contributed by atoms with Gasteiger partial charge in [-0.05, 0) is 12.8 Å². The van der Waals surface area contributed by atoms with E-state index in [4.69, 9.17) is 9.84 Å². The number of anilines is 1. The van der Waals surface area contributed by atoms with Crippen LogP contribution in [0.2, 0.25) is 0 Å². The van der Waals surface area contributed by atoms with E-state index in [0.717, 1.165) is 45.1 Å². The van der Waals surface area contributed by atoms with E-state index in [2.05, 4.69) is 19.8 Å². The third-order valence-electron chi connectivity index (χ3n) is 4.04. The predicted octanol–water partition coefficient (Wildman–Crippen LogP) is 0.270. The van der Waals surface area contributed by atoms with Crippen molar-refractivity contribution in [2.45, 2.75) is 25.6 Å². The molecule has 1 N–H and O–H groups in total. The molecule has 2 fully saturated rings. The molecule has 0 radical (unpaired) electrons. The molecule has 0 saturated carbocycles. The van der Waals surface area contributed by atoms with Gasteiger partial charge in [0.05, 0.1) is 30.8 Å². The maximum absolute atomic E-state index is 8.97. The minimum absolute atomic E-state index is 0.0531. The molecule has 6 heteroatoms. The SMILES string of the molecule is OCc1cnc(N2CCN(CC3CCCO3)CC2)cn1. The van der Waals surface area contributed by atoms with Gasteiger partial charge in [-0.2, -0.15) is 0 Å². The van der Waals surface area contributed by atoms with E-state index in [-0.39, 0.29) is 6.61 Å². The summed E-state index contributed by atoms with van der Waals surface area (Å²) in [7, 11) is 0. The van der Waals surface area contributed by atoms with Crippen LogP contribution in [0.1, 0.15) is 18.5 Å². The molecule has 2 aliphatic heterocycles. The van der Waals surface area contributed by atoms with Gasteiger partial charge in [-0.25, -0.2) is 4.98 Å². The Morgan fingerprint density at radius 1 is 1.20 bits per heavy atom. The topological polar surface area (TPSA) is 61.7 Å². The van der Waals surface area contributed by atoms with E-state index in [1.807, 2.05) is 0 Å². The number of rotatable bonds is 4. The first-order chi connectivity index (χ1) is 9.85. The average molecular weight is 278 g/mol. The fourth-order valence-corrected chi connectivity index (χ4v) is 2.83. The molecular weight excluding hydrogens is 256 g/mol. The second kappa shape index (κ2) is 6.47. The minimum atomic E-state index is -0.0531. The third kappa shape index (κ3) is 3.26. The Bertz CT molecular complexity index is 412. The number of hydrogen-bond donors (Lipinski definition) is 1. The van der Waals surface area contributed by atoms with Crippen LogP contribution in [-0.4, -0.2) is 65.4 Å². The zero-order valence-corrected chi connectivity index (χ0v) is 11.7. The summed E-state index contributed by atoms with van der Waals surface area (Å²) < 4.78 is 5.69. The number of aliphatic hydroxyl groups excluding tert-OH is 1. The Labute approximate surface area is 119 Å². The summed E-state index contributed by atoms with van der Waals surface area (Å²) in [5.41, 5.74) is 0.616. The zero-order chi connectivity index (χ0) is 13.8. The average Bonchev–Trinajstić information content (AvgIpc) is 3.01. The van der Waals surface area contributed by atoms with Crippen LogP contribution in [-0.2, 0) is 11.3 Å². The molecule has 1 aromatic heterocycles. The Hall–Kier alpha value is -1.24. The smallest absolute Gasteiger partial charge is 0.147 e. The summed E-state index contributed by atoms with van der Waals surface area (Å²) in [6, 6.07) is 0. The second-order valence-electron chi connectivity index (χ2n) is 5.45. The van der Waals surface area contributed by atoms with E-state index >= 15 is 0 Å². The van der Waals surface area contributed by atoms with Crippen molar-refractivity contribution in [3.8, 4) is 0 Å². The van der Waals surface area contributed by atoms with Crippen LogP contribution in [0, 0.1) is 0 Å². The lowest BCUT2D eigenvalue weighted by Crippen LogP contribution is -2.48. The highest BCUT2D eigenvalue weighted by Crippen LogP contribution is 2.16. The molecule has 3 rings (SSSR count). The highest BCUT2D eigenvalue weighted by atomic mass is 16.5. The summed E-state index contributed by atoms with van der Waals surface area (Å²) in [6.45, 7) is 5.97. The first-order valence-electron chi connectivity index (χ1n) is 7.36. The Morgan fingerprint density at radius 2 is 2.05 bits per heavy atom. The largest absolute Gasteiger partial charge is 0.390 e. The van der Waals surface area contributed by atoms with Crippen molar-refractivity contribution in [1.82, 2.24) is 14.9 Å². The molecule has 0 aliphatic carbocycles. The van der Waals surface area contributed by atoms with Gasteiger partial charge in [-0.3, -0.25) is 9.88 Å². The van der Waals surface area contributed by atoms with Crippen LogP contribution < -0.4 is 4.90 Å². The minimum Gasteiger partial charge on any atom is -0.390 e. The summed E-state index contributed by atoms with van der Waals surface area (Å²) in [5.74, 6) is 0.902. The molecule has 0 amide bonds. The fraction of sp³-hybridized carbons (Fsp3) is 0.714. The van der Waals surface area contributed by atoms with Crippen LogP contribution in [0.25, 0.3) is 0 Å². The van der Waals surface area contributed by atoms with Crippen molar-refractivity contribution in [3.05, 3.63) is 18.1 Å². The zero-order valence-electron chi connectivity index (χ0n) is 11.7. The second-order valence-corrected chi connectivity index (χ2v) is 5.45. The van der Waals surface area contributed by atoms with Gasteiger partial charge in [0.2, 0.25) is 0 Å². The molecular formula is C14H22N4O2. The molecule has 1 unspecified atom stereocenters. The molecule has 0 bridgehead atoms. The van der Waals surface area contributed by atoms with E-state index in [1.165, 1.54) is 12.8 Å². The van der Waals surface area contributed by atoms with Gasteiger partial charge >= 0.3 is 0 Å². The quantitative estimate of drug-likeness (QED) is 0.853. The molecule has 6 nitrogen and oxygen atoms in total. The van der Waals surface area contributed by atoms with Crippen LogP contribution in [0.5, 0.6) is 0 Å². The van der Waals surface area contributed by atoms with Gasteiger partial charge < -0.3 is 14.7 Å². The van der Waals surface area contributed by atoms with Gasteiger partial charge in [0.15, 0.2) is 0 Å². The van der Waals surface area contributed by atoms with Gasteiger partial charge in [-0.15, -0.1) is 0 Å². The highest BCUT2D eigenvalue weighted by molar-refractivity contribution is 5.36. The van der Waals surface area contributed by atoms with E-state index in [1.54, 1.807) is 12.4 Å². The molecule has 0 aromatic carbocycles. The maximum Gasteiger partial charge on any atom is 0.147 e. The molecule has 2 aliphatic rings. The monoisotopic (exact) mass is 278 g/mol. The lowest BCUT2D eigenvalue weighted by molar-refractivity contribution is 0.0712. The summed E-state index contributed by atoms with van der Waals surface area (Å²) >= 11 is 0. The fourth-order valence-electron chi connectivity index (χ4n) is 2.83. The third-order valence-corrected chi connectivity index (χ3v) is 4.04. The van der Waals surface area contributed by atoms with Crippen molar-refractivity contribution in [2.24, 2.45) is 0 Å². The molecule has 3 heterocycles. The lowest BCUT2D eigenvalue weighted by Gasteiger charge is -2.36. The van der Waals surface area contributed by atoms with E-state index in [9.17, 15) is 0 Å². The highest BCUT2D eigenvalue weighted by Gasteiger charge is 2.23. The first-order valence-corrected chi connectivity index (χ1v) is 7.36. The normalized spacial score (nSPS) is 24.2. The molecule has 110 valence electrons. The summed E-state index contributed by atoms with van der Waals surface area (Å²) in [6.07, 6.45) is 6.24. The van der Waals surface area contributed by atoms with Gasteiger partial charge in [-0.1, -0.05) is 0 Å². The molecule has 0 spiro atoms. The van der Waals surface area contributed by atoms with Crippen molar-refractivity contribution in [3.63, 3.8) is 0 Å². The lowest BCUT2D eigenvalue weighted by atomic mass is 10.2. The number of piperazine rings is 1. The van der Waals surface area contributed by atoms with Crippen molar-refractivity contribution in [2.75, 3.05) is 44.2 Å². The predicted molar refractivity (Wildman–Crippen MR) is 75.6 cm³/mol. The number of hydrogen-bond acceptors (Lipinski definition) is 6. The summed E-state index contributed by atoms with van der Waals surface area (Å²) in [5, 5.41) is 8.97. The number of nitrogens with zero attached hydrogens (tertiary/aromatic N) is 4. The van der Waals surface area contributed by atoms with Gasteiger partial charge in [0, 0.05) is 39.3 Å². The standard InChI is InChI=1S/C14H22N4O2/c19-11-12-8-16-14(9-15-12)18-5-3-17(4-6-18)10-13-2-1-7-20-13/h8-9,13,19H,1-7,10-11H2. The van der Waals surface area contributed by atoms with Crippen molar-refractivity contribution >= 4 is 5.82 Å². The van der Waals surface area contributed by atoms with Crippen LogP contribution >= 0.6 is 0 Å². The number of aromatic nitrogens is 2. The number of ether oxygens (including phenoxy) is 1. The molecule has 1 atom stereocenters. The van der Waals surface area contributed by atoms with Gasteiger partial charge in [0.1, 0.15) is 5.82 Å². The van der Waals surface area contributed by atoms with Crippen LogP contribution in [0.15, 0.2) is 12.4 Å².